The van der Waals surface area contributed by atoms with E-state index in [4.69, 9.17) is 28.6 Å². The van der Waals surface area contributed by atoms with Gasteiger partial charge in [0.1, 0.15) is 0 Å². The minimum Gasteiger partial charge on any atom is -0.379 e. The van der Waals surface area contributed by atoms with E-state index in [0.717, 1.165) is 63.6 Å². The second kappa shape index (κ2) is 10.9. The van der Waals surface area contributed by atoms with Gasteiger partial charge in [-0.1, -0.05) is 47.5 Å². The Morgan fingerprint density at radius 2 is 1.79 bits per heavy atom. The Morgan fingerprint density at radius 1 is 1.10 bits per heavy atom. The normalized spacial score (nSPS) is 14.6. The van der Waals surface area contributed by atoms with Crippen LogP contribution in [0.2, 0.25) is 5.02 Å². The van der Waals surface area contributed by atoms with Crippen LogP contribution in [0.5, 0.6) is 0 Å². The van der Waals surface area contributed by atoms with Crippen molar-refractivity contribution in [1.29, 1.82) is 0 Å². The van der Waals surface area contributed by atoms with Crippen LogP contribution in [0.15, 0.2) is 42.5 Å². The van der Waals surface area contributed by atoms with Crippen LogP contribution in [0.3, 0.4) is 0 Å². The fraction of sp³-hybridized carbons (Fsp3) is 0.435. The van der Waals surface area contributed by atoms with E-state index in [9.17, 15) is 0 Å². The molecular weight excluding hydrogens is 402 g/mol. The summed E-state index contributed by atoms with van der Waals surface area (Å²) in [4.78, 5) is 4.69. The maximum absolute atomic E-state index is 6.40. The summed E-state index contributed by atoms with van der Waals surface area (Å²) < 4.78 is 5.44. The van der Waals surface area contributed by atoms with Crippen LogP contribution in [-0.2, 0) is 11.3 Å². The fourth-order valence-corrected chi connectivity index (χ4v) is 3.94. The topological polar surface area (TPSA) is 27.7 Å². The predicted octanol–water partition coefficient (Wildman–Crippen LogP) is 4.88. The van der Waals surface area contributed by atoms with Gasteiger partial charge in [-0.05, 0) is 55.7 Å². The summed E-state index contributed by atoms with van der Waals surface area (Å²) in [6, 6.07) is 14.6. The molecule has 0 aromatic heterocycles. The Balaban J connectivity index is 1.64. The molecule has 156 valence electrons. The average Bonchev–Trinajstić information content (AvgIpc) is 2.71. The summed E-state index contributed by atoms with van der Waals surface area (Å²) in [5.41, 5.74) is 4.50. The SMILES string of the molecule is Cc1ccc(CN(CCCN2CCOCC2)C(=S)Nc2ccc(C)cc2Cl)cc1. The van der Waals surface area contributed by atoms with Gasteiger partial charge in [-0.2, -0.15) is 0 Å². The molecule has 2 aromatic rings. The highest BCUT2D eigenvalue weighted by Gasteiger charge is 2.14. The molecule has 0 saturated carbocycles. The standard InChI is InChI=1S/C23H30ClN3OS/c1-18-4-7-20(8-5-18)17-27(11-3-10-26-12-14-28-15-13-26)23(29)25-22-9-6-19(2)16-21(22)24/h4-9,16H,3,10-15,17H2,1-2H3,(H,25,29). The van der Waals surface area contributed by atoms with Crippen molar-refractivity contribution >= 4 is 34.6 Å². The van der Waals surface area contributed by atoms with Crippen LogP contribution in [0.25, 0.3) is 0 Å². The number of anilines is 1. The van der Waals surface area contributed by atoms with E-state index < -0.39 is 0 Å². The first kappa shape index (κ1) is 22.0. The summed E-state index contributed by atoms with van der Waals surface area (Å²) in [5, 5.41) is 4.75. The third kappa shape index (κ3) is 6.96. The number of benzene rings is 2. The van der Waals surface area contributed by atoms with Gasteiger partial charge in [0, 0.05) is 32.7 Å². The molecule has 1 fully saturated rings. The summed E-state index contributed by atoms with van der Waals surface area (Å²) in [6.07, 6.45) is 1.05. The van der Waals surface area contributed by atoms with Crippen molar-refractivity contribution in [3.8, 4) is 0 Å². The van der Waals surface area contributed by atoms with Crippen molar-refractivity contribution in [3.63, 3.8) is 0 Å². The number of rotatable bonds is 7. The number of hydrogen-bond donors (Lipinski definition) is 1. The summed E-state index contributed by atoms with van der Waals surface area (Å²) in [6.45, 7) is 10.6. The van der Waals surface area contributed by atoms with Crippen LogP contribution in [0.4, 0.5) is 5.69 Å². The van der Waals surface area contributed by atoms with Gasteiger partial charge in [0.2, 0.25) is 0 Å². The van der Waals surface area contributed by atoms with Crippen molar-refractivity contribution in [2.24, 2.45) is 0 Å². The maximum atomic E-state index is 6.40. The van der Waals surface area contributed by atoms with Crippen LogP contribution in [-0.4, -0.2) is 54.3 Å². The first-order valence-electron chi connectivity index (χ1n) is 10.2. The molecule has 0 amide bonds. The van der Waals surface area contributed by atoms with Gasteiger partial charge in [0.15, 0.2) is 5.11 Å². The molecular formula is C23H30ClN3OS. The number of nitrogens with one attached hydrogen (secondary N) is 1. The highest BCUT2D eigenvalue weighted by atomic mass is 35.5. The molecule has 29 heavy (non-hydrogen) atoms. The van der Waals surface area contributed by atoms with Gasteiger partial charge in [0.05, 0.1) is 23.9 Å². The molecule has 1 aliphatic rings. The highest BCUT2D eigenvalue weighted by Crippen LogP contribution is 2.23. The number of ether oxygens (including phenoxy) is 1. The maximum Gasteiger partial charge on any atom is 0.173 e. The Morgan fingerprint density at radius 3 is 2.48 bits per heavy atom. The molecule has 0 atom stereocenters. The first-order chi connectivity index (χ1) is 14.0. The summed E-state index contributed by atoms with van der Waals surface area (Å²) >= 11 is 12.2. The molecule has 1 aliphatic heterocycles. The molecule has 3 rings (SSSR count). The van der Waals surface area contributed by atoms with E-state index in [1.165, 1.54) is 11.1 Å². The van der Waals surface area contributed by atoms with Gasteiger partial charge in [-0.3, -0.25) is 4.90 Å². The molecule has 0 bridgehead atoms. The van der Waals surface area contributed by atoms with Crippen molar-refractivity contribution in [2.75, 3.05) is 44.7 Å². The lowest BCUT2D eigenvalue weighted by molar-refractivity contribution is 0.0368. The van der Waals surface area contributed by atoms with Crippen molar-refractivity contribution in [1.82, 2.24) is 9.80 Å². The largest absolute Gasteiger partial charge is 0.379 e. The zero-order chi connectivity index (χ0) is 20.6. The minimum absolute atomic E-state index is 0.691. The van der Waals surface area contributed by atoms with Gasteiger partial charge in [-0.25, -0.2) is 0 Å². The summed E-state index contributed by atoms with van der Waals surface area (Å²) in [7, 11) is 0. The lowest BCUT2D eigenvalue weighted by Gasteiger charge is -2.30. The van der Waals surface area contributed by atoms with E-state index in [-0.39, 0.29) is 0 Å². The van der Waals surface area contributed by atoms with E-state index in [2.05, 4.69) is 46.3 Å². The molecule has 0 radical (unpaired) electrons. The van der Waals surface area contributed by atoms with E-state index in [0.29, 0.717) is 10.1 Å². The molecule has 2 aromatic carbocycles. The third-order valence-electron chi connectivity index (χ3n) is 5.15. The highest BCUT2D eigenvalue weighted by molar-refractivity contribution is 7.80. The lowest BCUT2D eigenvalue weighted by atomic mass is 10.1. The van der Waals surface area contributed by atoms with Gasteiger partial charge in [0.25, 0.3) is 0 Å². The first-order valence-corrected chi connectivity index (χ1v) is 11.0. The number of halogens is 1. The van der Waals surface area contributed by atoms with Crippen molar-refractivity contribution in [3.05, 3.63) is 64.2 Å². The third-order valence-corrected chi connectivity index (χ3v) is 5.83. The van der Waals surface area contributed by atoms with Crippen LogP contribution < -0.4 is 5.32 Å². The molecule has 4 nitrogen and oxygen atoms in total. The number of aryl methyl sites for hydroxylation is 2. The number of morpholine rings is 1. The van der Waals surface area contributed by atoms with Gasteiger partial charge < -0.3 is 15.0 Å². The molecule has 0 aliphatic carbocycles. The Hall–Kier alpha value is -1.66. The monoisotopic (exact) mass is 431 g/mol. The average molecular weight is 432 g/mol. The second-order valence-electron chi connectivity index (χ2n) is 7.63. The molecule has 6 heteroatoms. The van der Waals surface area contributed by atoms with Crippen molar-refractivity contribution in [2.45, 2.75) is 26.8 Å². The van der Waals surface area contributed by atoms with E-state index in [1.807, 2.05) is 25.1 Å². The van der Waals surface area contributed by atoms with Crippen LogP contribution >= 0.6 is 23.8 Å². The Labute approximate surface area is 184 Å². The van der Waals surface area contributed by atoms with Crippen molar-refractivity contribution < 1.29 is 4.74 Å². The quantitative estimate of drug-likeness (QED) is 0.631. The molecule has 0 spiro atoms. The molecule has 1 heterocycles. The molecule has 1 N–H and O–H groups in total. The van der Waals surface area contributed by atoms with Gasteiger partial charge >= 0.3 is 0 Å². The van der Waals surface area contributed by atoms with Gasteiger partial charge in [-0.15, -0.1) is 0 Å². The second-order valence-corrected chi connectivity index (χ2v) is 8.42. The number of thiocarbonyl (C=S) groups is 1. The predicted molar refractivity (Wildman–Crippen MR) is 126 cm³/mol. The zero-order valence-electron chi connectivity index (χ0n) is 17.3. The Kier molecular flexibility index (Phi) is 8.30. The Bertz CT molecular complexity index is 806. The molecule has 1 saturated heterocycles. The smallest absolute Gasteiger partial charge is 0.173 e. The molecule has 0 unspecified atom stereocenters. The minimum atomic E-state index is 0.691. The lowest BCUT2D eigenvalue weighted by Crippen LogP contribution is -2.40. The van der Waals surface area contributed by atoms with E-state index >= 15 is 0 Å². The van der Waals surface area contributed by atoms with E-state index in [1.54, 1.807) is 0 Å². The number of hydrogen-bond acceptors (Lipinski definition) is 3. The summed E-state index contributed by atoms with van der Waals surface area (Å²) in [5.74, 6) is 0. The fourth-order valence-electron chi connectivity index (χ4n) is 3.39. The number of nitrogens with zero attached hydrogens (tertiary/aromatic N) is 2. The van der Waals surface area contributed by atoms with Crippen LogP contribution in [0, 0.1) is 13.8 Å². The zero-order valence-corrected chi connectivity index (χ0v) is 18.9. The van der Waals surface area contributed by atoms with Crippen LogP contribution in [0.1, 0.15) is 23.1 Å².